The Morgan fingerprint density at radius 1 is 1.15 bits per heavy atom. The van der Waals surface area contributed by atoms with Crippen molar-refractivity contribution in [2.45, 2.75) is 25.4 Å². The van der Waals surface area contributed by atoms with Gasteiger partial charge in [0.15, 0.2) is 5.65 Å². The molecule has 1 fully saturated rings. The molecule has 0 bridgehead atoms. The SMILES string of the molecule is C#CCn1c(=O)n(C2CC2)c(=O)c2[nH]c(C=CC=Cc3ccc(N(CC(N)=O)C(=O)c4ccc(I)nc4)nc3)nc21. The van der Waals surface area contributed by atoms with Gasteiger partial charge in [-0.2, -0.15) is 0 Å². The Balaban J connectivity index is 1.34. The number of anilines is 1. The molecule has 0 unspecified atom stereocenters. The number of aromatic nitrogens is 6. The molecule has 12 nitrogen and oxygen atoms in total. The topological polar surface area (TPSA) is 162 Å². The molecule has 0 atom stereocenters. The summed E-state index contributed by atoms with van der Waals surface area (Å²) in [7, 11) is 0. The maximum atomic E-state index is 13.0. The van der Waals surface area contributed by atoms with Crippen LogP contribution in [0.1, 0.15) is 40.6 Å². The number of rotatable bonds is 9. The molecule has 2 amide bonds. The second-order valence-electron chi connectivity index (χ2n) is 9.19. The Labute approximate surface area is 246 Å². The van der Waals surface area contributed by atoms with E-state index in [9.17, 15) is 19.2 Å². The number of terminal acetylenes is 1. The summed E-state index contributed by atoms with van der Waals surface area (Å²) in [5.41, 5.74) is 5.98. The molecule has 0 radical (unpaired) electrons. The number of pyridine rings is 2. The first-order valence-corrected chi connectivity index (χ1v) is 13.6. The van der Waals surface area contributed by atoms with Crippen LogP contribution in [0.5, 0.6) is 0 Å². The van der Waals surface area contributed by atoms with Crippen molar-refractivity contribution in [3.05, 3.63) is 90.3 Å². The van der Waals surface area contributed by atoms with E-state index in [0.29, 0.717) is 11.4 Å². The van der Waals surface area contributed by atoms with Gasteiger partial charge in [0.1, 0.15) is 27.4 Å². The standard InChI is InChI=1S/C28H23IN8O4/c1-2-13-35-25-24(27(40)37(28(35)41)19-9-10-19)33-22(34-25)6-4-3-5-17-7-12-23(32-14-17)36(16-21(30)38)26(39)18-8-11-20(29)31-15-18/h1,3-8,11-12,14-15,19H,9-10,13,16H2,(H2,30,38)(H,33,34). The molecule has 4 heterocycles. The van der Waals surface area contributed by atoms with Gasteiger partial charge in [0, 0.05) is 18.4 Å². The quantitative estimate of drug-likeness (QED) is 0.120. The minimum absolute atomic E-state index is 0.00328. The number of H-pyrrole nitrogens is 1. The van der Waals surface area contributed by atoms with E-state index in [2.05, 4.69) is 25.9 Å². The molecular weight excluding hydrogens is 639 g/mol. The number of hydrogen-bond acceptors (Lipinski definition) is 7. The molecule has 1 saturated carbocycles. The van der Waals surface area contributed by atoms with Gasteiger partial charge >= 0.3 is 5.69 Å². The number of hydrogen-bond donors (Lipinski definition) is 2. The lowest BCUT2D eigenvalue weighted by molar-refractivity contribution is -0.116. The summed E-state index contributed by atoms with van der Waals surface area (Å²) in [6.45, 7) is -0.336. The van der Waals surface area contributed by atoms with Gasteiger partial charge in [-0.25, -0.2) is 19.7 Å². The molecule has 3 N–H and O–H groups in total. The third-order valence-corrected chi connectivity index (χ3v) is 6.86. The van der Waals surface area contributed by atoms with Gasteiger partial charge in [0.05, 0.1) is 12.1 Å². The lowest BCUT2D eigenvalue weighted by Crippen LogP contribution is -2.39. The van der Waals surface area contributed by atoms with E-state index in [0.717, 1.165) is 22.1 Å². The summed E-state index contributed by atoms with van der Waals surface area (Å²) < 4.78 is 3.30. The average Bonchev–Trinajstić information content (AvgIpc) is 3.70. The normalized spacial score (nSPS) is 13.2. The van der Waals surface area contributed by atoms with Crippen LogP contribution >= 0.6 is 22.6 Å². The van der Waals surface area contributed by atoms with Gasteiger partial charge in [0.25, 0.3) is 11.5 Å². The van der Waals surface area contributed by atoms with Gasteiger partial charge in [-0.3, -0.25) is 28.4 Å². The van der Waals surface area contributed by atoms with E-state index < -0.39 is 23.1 Å². The van der Waals surface area contributed by atoms with Crippen molar-refractivity contribution in [3.63, 3.8) is 0 Å². The Morgan fingerprint density at radius 3 is 2.56 bits per heavy atom. The molecule has 4 aromatic heterocycles. The van der Waals surface area contributed by atoms with Crippen LogP contribution < -0.4 is 21.9 Å². The van der Waals surface area contributed by atoms with Crippen LogP contribution in [0.2, 0.25) is 0 Å². The highest BCUT2D eigenvalue weighted by Gasteiger charge is 2.29. The van der Waals surface area contributed by atoms with Crippen molar-refractivity contribution in [2.75, 3.05) is 11.4 Å². The highest BCUT2D eigenvalue weighted by atomic mass is 127. The maximum absolute atomic E-state index is 13.0. The number of allylic oxidation sites excluding steroid dienone is 2. The Bertz CT molecular complexity index is 1860. The van der Waals surface area contributed by atoms with E-state index >= 15 is 0 Å². The van der Waals surface area contributed by atoms with Gasteiger partial charge in [0.2, 0.25) is 5.91 Å². The highest BCUT2D eigenvalue weighted by molar-refractivity contribution is 14.1. The summed E-state index contributed by atoms with van der Waals surface area (Å²) in [6, 6.07) is 6.55. The maximum Gasteiger partial charge on any atom is 0.333 e. The first-order valence-electron chi connectivity index (χ1n) is 12.5. The second kappa shape index (κ2) is 11.7. The van der Waals surface area contributed by atoms with Gasteiger partial charge < -0.3 is 10.7 Å². The number of primary amides is 1. The number of amides is 2. The summed E-state index contributed by atoms with van der Waals surface area (Å²) in [5, 5.41) is 0. The highest BCUT2D eigenvalue weighted by Crippen LogP contribution is 2.32. The minimum atomic E-state index is -0.680. The van der Waals surface area contributed by atoms with Crippen LogP contribution in [0.3, 0.4) is 0 Å². The van der Waals surface area contributed by atoms with E-state index in [4.69, 9.17) is 12.2 Å². The summed E-state index contributed by atoms with van der Waals surface area (Å²) in [6.07, 6.45) is 16.9. The lowest BCUT2D eigenvalue weighted by Gasteiger charge is -2.20. The zero-order valence-corrected chi connectivity index (χ0v) is 23.7. The first kappa shape index (κ1) is 27.7. The predicted octanol–water partition coefficient (Wildman–Crippen LogP) is 2.11. The number of halogens is 1. The third-order valence-electron chi connectivity index (χ3n) is 6.22. The summed E-state index contributed by atoms with van der Waals surface area (Å²) >= 11 is 2.03. The molecule has 41 heavy (non-hydrogen) atoms. The van der Waals surface area contributed by atoms with E-state index in [1.165, 1.54) is 20.2 Å². The van der Waals surface area contributed by atoms with Crippen LogP contribution in [0.4, 0.5) is 5.82 Å². The van der Waals surface area contributed by atoms with Crippen molar-refractivity contribution < 1.29 is 9.59 Å². The largest absolute Gasteiger partial charge is 0.368 e. The van der Waals surface area contributed by atoms with Crippen LogP contribution in [0.25, 0.3) is 23.3 Å². The average molecular weight is 662 g/mol. The smallest absolute Gasteiger partial charge is 0.333 e. The van der Waals surface area contributed by atoms with E-state index in [1.54, 1.807) is 54.8 Å². The number of nitrogens with zero attached hydrogens (tertiary/aromatic N) is 6. The second-order valence-corrected chi connectivity index (χ2v) is 10.3. The van der Waals surface area contributed by atoms with Gasteiger partial charge in [-0.1, -0.05) is 24.1 Å². The molecule has 1 aliphatic rings. The van der Waals surface area contributed by atoms with Crippen LogP contribution in [-0.4, -0.2) is 47.4 Å². The van der Waals surface area contributed by atoms with E-state index in [1.807, 2.05) is 22.6 Å². The molecule has 13 heteroatoms. The van der Waals surface area contributed by atoms with Crippen LogP contribution in [0.15, 0.2) is 58.4 Å². The van der Waals surface area contributed by atoms with Crippen molar-refractivity contribution in [3.8, 4) is 12.3 Å². The molecule has 0 saturated heterocycles. The molecular formula is C28H23IN8O4. The minimum Gasteiger partial charge on any atom is -0.368 e. The molecule has 206 valence electrons. The Morgan fingerprint density at radius 2 is 1.93 bits per heavy atom. The Hall–Kier alpha value is -4.84. The van der Waals surface area contributed by atoms with Crippen LogP contribution in [0, 0.1) is 16.0 Å². The number of aromatic amines is 1. The predicted molar refractivity (Wildman–Crippen MR) is 162 cm³/mol. The number of nitrogens with one attached hydrogen (secondary N) is 1. The Kier molecular flexibility index (Phi) is 7.92. The van der Waals surface area contributed by atoms with Crippen molar-refractivity contribution in [2.24, 2.45) is 5.73 Å². The number of carbonyl (C=O) groups excluding carboxylic acids is 2. The third kappa shape index (κ3) is 6.02. The van der Waals surface area contributed by atoms with E-state index in [-0.39, 0.29) is 36.1 Å². The molecule has 4 aromatic rings. The van der Waals surface area contributed by atoms with Gasteiger partial charge in [-0.05, 0) is 71.3 Å². The number of imidazole rings is 1. The molecule has 5 rings (SSSR count). The fourth-order valence-electron chi connectivity index (χ4n) is 4.16. The van der Waals surface area contributed by atoms with Gasteiger partial charge in [-0.15, -0.1) is 6.42 Å². The number of nitrogens with two attached hydrogens (primary N) is 1. The summed E-state index contributed by atoms with van der Waals surface area (Å²) in [5.74, 6) is 1.97. The monoisotopic (exact) mass is 662 g/mol. The lowest BCUT2D eigenvalue weighted by atomic mass is 10.2. The zero-order chi connectivity index (χ0) is 29.1. The number of fused-ring (bicyclic) bond motifs is 1. The molecule has 1 aliphatic carbocycles. The number of carbonyl (C=O) groups is 2. The van der Waals surface area contributed by atoms with Crippen LogP contribution in [-0.2, 0) is 11.3 Å². The van der Waals surface area contributed by atoms with Crippen molar-refractivity contribution in [1.82, 2.24) is 29.1 Å². The van der Waals surface area contributed by atoms with Crippen molar-refractivity contribution in [1.29, 1.82) is 0 Å². The fourth-order valence-corrected chi connectivity index (χ4v) is 4.48. The van der Waals surface area contributed by atoms with Crippen molar-refractivity contribution >= 4 is 63.5 Å². The first-order chi connectivity index (χ1) is 19.8. The molecule has 0 aromatic carbocycles. The summed E-state index contributed by atoms with van der Waals surface area (Å²) in [4.78, 5) is 67.4. The molecule has 0 aliphatic heterocycles. The molecule has 0 spiro atoms. The zero-order valence-electron chi connectivity index (χ0n) is 21.5. The fraction of sp³-hybridized carbons (Fsp3) is 0.179.